The molecule has 4 aromatic heterocycles. The van der Waals surface area contributed by atoms with Crippen LogP contribution in [0.15, 0.2) is 125 Å². The fourth-order valence-electron chi connectivity index (χ4n) is 9.65. The van der Waals surface area contributed by atoms with Crippen molar-refractivity contribution in [3.05, 3.63) is 147 Å². The van der Waals surface area contributed by atoms with Gasteiger partial charge in [-0.05, 0) is 98.4 Å². The first-order chi connectivity index (χ1) is 33.0. The first-order valence-electron chi connectivity index (χ1n) is 23.0. The van der Waals surface area contributed by atoms with Gasteiger partial charge in [0.2, 0.25) is 11.9 Å². The second-order valence-electron chi connectivity index (χ2n) is 18.2. The van der Waals surface area contributed by atoms with E-state index in [9.17, 15) is 14.7 Å². The minimum atomic E-state index is -0.234. The Bertz CT molecular complexity index is 3330. The second kappa shape index (κ2) is 17.7. The molecule has 4 aromatic carbocycles. The molecule has 16 heteroatoms. The molecule has 15 nitrogen and oxygen atoms in total. The van der Waals surface area contributed by atoms with Crippen molar-refractivity contribution in [3.63, 3.8) is 0 Å². The van der Waals surface area contributed by atoms with Crippen LogP contribution in [0.1, 0.15) is 23.9 Å². The highest BCUT2D eigenvalue weighted by molar-refractivity contribution is 6.33. The number of fused-ring (bicyclic) bond motifs is 2. The molecular formula is C52H51ClN12O3. The van der Waals surface area contributed by atoms with Crippen molar-refractivity contribution in [3.8, 4) is 28.0 Å². The van der Waals surface area contributed by atoms with Gasteiger partial charge in [-0.2, -0.15) is 9.97 Å². The number of phenolic OH excluding ortho intramolecular Hbond substituents is 1. The monoisotopic (exact) mass is 926 g/mol. The van der Waals surface area contributed by atoms with Crippen LogP contribution in [0, 0.1) is 0 Å². The summed E-state index contributed by atoms with van der Waals surface area (Å²) < 4.78 is 3.87. The van der Waals surface area contributed by atoms with E-state index in [1.54, 1.807) is 42.9 Å². The van der Waals surface area contributed by atoms with Crippen LogP contribution in [0.5, 0.6) is 5.75 Å². The van der Waals surface area contributed by atoms with Gasteiger partial charge in [0.25, 0.3) is 0 Å². The predicted molar refractivity (Wildman–Crippen MR) is 271 cm³/mol. The number of pyridine rings is 2. The van der Waals surface area contributed by atoms with Crippen LogP contribution in [-0.4, -0.2) is 110 Å². The van der Waals surface area contributed by atoms with E-state index in [1.807, 2.05) is 64.8 Å². The Morgan fingerprint density at radius 3 is 1.71 bits per heavy atom. The Kier molecular flexibility index (Phi) is 11.3. The number of hydrogen-bond donors (Lipinski definition) is 3. The van der Waals surface area contributed by atoms with Gasteiger partial charge in [-0.25, -0.2) is 9.97 Å². The summed E-state index contributed by atoms with van der Waals surface area (Å²) in [5, 5.41) is 18.8. The van der Waals surface area contributed by atoms with Crippen LogP contribution >= 0.6 is 11.6 Å². The molecule has 3 fully saturated rings. The van der Waals surface area contributed by atoms with E-state index in [2.05, 4.69) is 78.6 Å². The molecule has 68 heavy (non-hydrogen) atoms. The summed E-state index contributed by atoms with van der Waals surface area (Å²) in [4.78, 5) is 57.2. The number of nitrogens with one attached hydrogen (secondary N) is 2. The zero-order valence-electron chi connectivity index (χ0n) is 38.1. The number of aromatic nitrogens is 6. The number of aryl methyl sites for hydroxylation is 1. The maximum atomic E-state index is 14.5. The number of phenols is 1. The third kappa shape index (κ3) is 8.37. The standard InChI is InChI=1S/C52H51ClN12O3/c1-60-18-22-63(23-19-60)34-12-8-32(9-13-34)56-51-54-28-41-47(67)43(30-62(3)49(41)58-51)37-17-16-36(66)26-39(37)40-27-46(40)65-31-44(38-6-4-5-7-45(38)53)48(68)42-29-55-52(59-50(42)65)57-33-10-14-35(15-11-33)64-24-20-61(2)21-25-64/h4-17,26,28-31,40,46,66H,18-25,27H2,1-3H3,(H,54,56,58)(H,55,57,59). The highest BCUT2D eigenvalue weighted by Gasteiger charge is 2.43. The lowest BCUT2D eigenvalue weighted by Crippen LogP contribution is -2.44. The Labute approximate surface area is 397 Å². The fourth-order valence-corrected chi connectivity index (χ4v) is 9.89. The van der Waals surface area contributed by atoms with Gasteiger partial charge < -0.3 is 44.5 Å². The zero-order valence-corrected chi connectivity index (χ0v) is 38.9. The number of nitrogens with zero attached hydrogens (tertiary/aromatic N) is 10. The maximum absolute atomic E-state index is 14.5. The minimum absolute atomic E-state index is 0.0802. The summed E-state index contributed by atoms with van der Waals surface area (Å²) in [6.45, 7) is 8.01. The molecule has 2 unspecified atom stereocenters. The number of piperazine rings is 2. The van der Waals surface area contributed by atoms with Gasteiger partial charge in [-0.3, -0.25) is 9.59 Å². The van der Waals surface area contributed by atoms with Crippen molar-refractivity contribution >= 4 is 68.3 Å². The van der Waals surface area contributed by atoms with E-state index in [0.717, 1.165) is 75.0 Å². The third-order valence-electron chi connectivity index (χ3n) is 13.7. The first-order valence-corrected chi connectivity index (χ1v) is 23.4. The third-order valence-corrected chi connectivity index (χ3v) is 14.0. The summed E-state index contributed by atoms with van der Waals surface area (Å²) in [6, 6.07) is 28.7. The lowest BCUT2D eigenvalue weighted by Gasteiger charge is -2.34. The predicted octanol–water partition coefficient (Wildman–Crippen LogP) is 7.85. The molecule has 0 bridgehead atoms. The van der Waals surface area contributed by atoms with E-state index < -0.39 is 0 Å². The van der Waals surface area contributed by atoms with Crippen LogP contribution < -0.4 is 31.3 Å². The quantitative estimate of drug-likeness (QED) is 0.122. The average molecular weight is 928 g/mol. The van der Waals surface area contributed by atoms with Crippen LogP contribution in [0.25, 0.3) is 44.3 Å². The van der Waals surface area contributed by atoms with Gasteiger partial charge in [-0.1, -0.05) is 35.9 Å². The molecule has 3 N–H and O–H groups in total. The summed E-state index contributed by atoms with van der Waals surface area (Å²) in [7, 11) is 6.16. The topological polar surface area (TPSA) is 153 Å². The normalized spacial score (nSPS) is 17.8. The van der Waals surface area contributed by atoms with Gasteiger partial charge >= 0.3 is 0 Å². The van der Waals surface area contributed by atoms with Crippen molar-refractivity contribution in [2.24, 2.45) is 7.05 Å². The van der Waals surface area contributed by atoms with E-state index in [0.29, 0.717) is 67.7 Å². The van der Waals surface area contributed by atoms with Crippen LogP contribution in [-0.2, 0) is 7.05 Å². The SMILES string of the molecule is CN1CCN(c2ccc(Nc3ncc4c(=O)c(-c5ccc(O)cc5C5CC5n5cc(-c6ccccc6Cl)c(=O)c6cnc(Nc7ccc(N8CCN(C)CC8)cc7)nc65)cn(C)c4n3)cc2)CC1. The number of anilines is 6. The summed E-state index contributed by atoms with van der Waals surface area (Å²) in [5.74, 6) is 0.653. The summed E-state index contributed by atoms with van der Waals surface area (Å²) in [6.07, 6.45) is 7.43. The van der Waals surface area contributed by atoms with Crippen molar-refractivity contribution in [2.45, 2.75) is 18.4 Å². The highest BCUT2D eigenvalue weighted by Crippen LogP contribution is 2.55. The van der Waals surface area contributed by atoms with E-state index in [1.165, 1.54) is 5.69 Å². The number of halogens is 1. The molecule has 0 amide bonds. The smallest absolute Gasteiger partial charge is 0.229 e. The summed E-state index contributed by atoms with van der Waals surface area (Å²) >= 11 is 6.72. The Morgan fingerprint density at radius 1 is 0.603 bits per heavy atom. The highest BCUT2D eigenvalue weighted by atomic mass is 35.5. The minimum Gasteiger partial charge on any atom is -0.508 e. The number of benzene rings is 4. The van der Waals surface area contributed by atoms with Crippen molar-refractivity contribution in [2.75, 3.05) is 86.9 Å². The number of aromatic hydroxyl groups is 1. The lowest BCUT2D eigenvalue weighted by molar-refractivity contribution is 0.313. The van der Waals surface area contributed by atoms with E-state index in [-0.39, 0.29) is 28.6 Å². The van der Waals surface area contributed by atoms with Gasteiger partial charge in [-0.15, -0.1) is 0 Å². The first kappa shape index (κ1) is 43.3. The number of rotatable bonds is 10. The molecule has 1 aliphatic carbocycles. The van der Waals surface area contributed by atoms with Crippen molar-refractivity contribution in [1.29, 1.82) is 0 Å². The summed E-state index contributed by atoms with van der Waals surface area (Å²) in [5.41, 5.74) is 7.45. The molecule has 8 aromatic rings. The molecule has 2 saturated heterocycles. The van der Waals surface area contributed by atoms with Gasteiger partial charge in [0.15, 0.2) is 10.9 Å². The van der Waals surface area contributed by atoms with E-state index in [4.69, 9.17) is 21.6 Å². The molecule has 11 rings (SSSR count). The van der Waals surface area contributed by atoms with Crippen LogP contribution in [0.3, 0.4) is 0 Å². The molecule has 6 heterocycles. The molecule has 0 radical (unpaired) electrons. The van der Waals surface area contributed by atoms with Gasteiger partial charge in [0.1, 0.15) is 17.0 Å². The average Bonchev–Trinajstić information content (AvgIpc) is 4.15. The molecule has 1 saturated carbocycles. The van der Waals surface area contributed by atoms with Crippen molar-refractivity contribution < 1.29 is 5.11 Å². The number of likely N-dealkylation sites (N-methyl/N-ethyl adjacent to an activating group) is 2. The fraction of sp³-hybridized carbons (Fsp3) is 0.269. The Morgan fingerprint density at radius 2 is 1.13 bits per heavy atom. The number of hydrogen-bond acceptors (Lipinski definition) is 13. The van der Waals surface area contributed by atoms with Crippen molar-refractivity contribution in [1.82, 2.24) is 38.9 Å². The van der Waals surface area contributed by atoms with Crippen LogP contribution in [0.2, 0.25) is 5.02 Å². The Balaban J connectivity index is 0.908. The molecular weight excluding hydrogens is 876 g/mol. The molecule has 2 atom stereocenters. The van der Waals surface area contributed by atoms with Gasteiger partial charge in [0, 0.05) is 141 Å². The van der Waals surface area contributed by atoms with Gasteiger partial charge in [0.05, 0.1) is 10.8 Å². The molecule has 2 aliphatic heterocycles. The molecule has 0 spiro atoms. The maximum Gasteiger partial charge on any atom is 0.229 e. The lowest BCUT2D eigenvalue weighted by atomic mass is 9.96. The molecule has 3 aliphatic rings. The van der Waals surface area contributed by atoms with E-state index >= 15 is 0 Å². The molecule has 344 valence electrons. The Hall–Kier alpha value is -7.33. The van der Waals surface area contributed by atoms with Crippen LogP contribution in [0.4, 0.5) is 34.6 Å². The zero-order chi connectivity index (χ0) is 46.6. The largest absolute Gasteiger partial charge is 0.508 e. The second-order valence-corrected chi connectivity index (χ2v) is 18.6.